The average Bonchev–Trinajstić information content (AvgIpc) is 2.11. The Kier molecular flexibility index (Phi) is 7.21. The Labute approximate surface area is 80.0 Å². The Bertz CT molecular complexity index is 206. The average molecular weight is 183 g/mol. The van der Waals surface area contributed by atoms with Gasteiger partial charge in [-0.2, -0.15) is 0 Å². The van der Waals surface area contributed by atoms with E-state index in [-0.39, 0.29) is 5.82 Å². The molecule has 0 spiro atoms. The summed E-state index contributed by atoms with van der Waals surface area (Å²) in [4.78, 5) is 0. The predicted octanol–water partition coefficient (Wildman–Crippen LogP) is 2.61. The second-order valence-corrected chi connectivity index (χ2v) is 2.88. The number of halogens is 1. The van der Waals surface area contributed by atoms with Gasteiger partial charge in [0.1, 0.15) is 5.82 Å². The summed E-state index contributed by atoms with van der Waals surface area (Å²) in [5.41, 5.74) is 1.21. The van der Waals surface area contributed by atoms with Gasteiger partial charge >= 0.3 is 0 Å². The molecule has 0 radical (unpaired) electrons. The van der Waals surface area contributed by atoms with Gasteiger partial charge in [-0.3, -0.25) is 0 Å². The molecule has 0 amide bonds. The molecule has 0 unspecified atom stereocenters. The molecule has 0 bridgehead atoms. The summed E-state index contributed by atoms with van der Waals surface area (Å²) >= 11 is 0. The third-order valence-corrected chi connectivity index (χ3v) is 1.45. The van der Waals surface area contributed by atoms with Gasteiger partial charge in [-0.15, -0.1) is 0 Å². The van der Waals surface area contributed by atoms with E-state index in [4.69, 9.17) is 0 Å². The molecule has 1 aromatic carbocycles. The molecule has 13 heavy (non-hydrogen) atoms. The monoisotopic (exact) mass is 183 g/mol. The normalized spacial score (nSPS) is 8.92. The molecule has 0 saturated carbocycles. The summed E-state index contributed by atoms with van der Waals surface area (Å²) in [6.45, 7) is 2.11. The maximum Gasteiger partial charge on any atom is 0.123 e. The van der Waals surface area contributed by atoms with Gasteiger partial charge in [0.25, 0.3) is 0 Å². The topological polar surface area (TPSA) is 12.0 Å². The summed E-state index contributed by atoms with van der Waals surface area (Å²) in [7, 11) is 3.75. The minimum Gasteiger partial charge on any atom is -0.323 e. The number of aryl methyl sites for hydroxylation is 1. The molecular formula is C11H18FN. The molecule has 1 aromatic rings. The van der Waals surface area contributed by atoms with Crippen LogP contribution in [0.1, 0.15) is 18.9 Å². The van der Waals surface area contributed by atoms with Crippen LogP contribution < -0.4 is 5.32 Å². The van der Waals surface area contributed by atoms with Crippen LogP contribution in [0.4, 0.5) is 4.39 Å². The zero-order chi connectivity index (χ0) is 10.1. The van der Waals surface area contributed by atoms with Crippen LogP contribution in [0.3, 0.4) is 0 Å². The molecule has 0 atom stereocenters. The quantitative estimate of drug-likeness (QED) is 0.743. The number of hydrogen-bond donors (Lipinski definition) is 1. The molecule has 0 aliphatic heterocycles. The van der Waals surface area contributed by atoms with Crippen molar-refractivity contribution in [3.8, 4) is 0 Å². The second kappa shape index (κ2) is 7.74. The van der Waals surface area contributed by atoms with E-state index in [1.807, 2.05) is 26.2 Å². The van der Waals surface area contributed by atoms with Crippen molar-refractivity contribution < 1.29 is 4.39 Å². The van der Waals surface area contributed by atoms with Gasteiger partial charge in [0.15, 0.2) is 0 Å². The summed E-state index contributed by atoms with van der Waals surface area (Å²) in [5.74, 6) is -0.153. The van der Waals surface area contributed by atoms with E-state index >= 15 is 0 Å². The summed E-state index contributed by atoms with van der Waals surface area (Å²) in [6, 6.07) is 6.67. The molecule has 0 aliphatic carbocycles. The third kappa shape index (κ3) is 6.29. The van der Waals surface area contributed by atoms with E-state index < -0.39 is 0 Å². The van der Waals surface area contributed by atoms with Crippen LogP contribution in [0, 0.1) is 5.82 Å². The lowest BCUT2D eigenvalue weighted by Crippen LogP contribution is -1.89. The fourth-order valence-corrected chi connectivity index (χ4v) is 0.940. The fourth-order valence-electron chi connectivity index (χ4n) is 0.940. The number of nitrogens with one attached hydrogen (secondary N) is 1. The first kappa shape index (κ1) is 12.1. The van der Waals surface area contributed by atoms with Gasteiger partial charge in [-0.25, -0.2) is 4.39 Å². The van der Waals surface area contributed by atoms with Crippen molar-refractivity contribution in [1.29, 1.82) is 0 Å². The maximum atomic E-state index is 12.3. The maximum absolute atomic E-state index is 12.3. The van der Waals surface area contributed by atoms with Crippen LogP contribution in [0.25, 0.3) is 0 Å². The summed E-state index contributed by atoms with van der Waals surface area (Å²) in [5, 5.41) is 2.75. The van der Waals surface area contributed by atoms with Crippen molar-refractivity contribution in [3.63, 3.8) is 0 Å². The molecule has 0 fully saturated rings. The Morgan fingerprint density at radius 1 is 1.15 bits per heavy atom. The van der Waals surface area contributed by atoms with Crippen molar-refractivity contribution >= 4 is 0 Å². The van der Waals surface area contributed by atoms with Gasteiger partial charge < -0.3 is 5.32 Å². The zero-order valence-electron chi connectivity index (χ0n) is 8.60. The van der Waals surface area contributed by atoms with Crippen LogP contribution >= 0.6 is 0 Å². The van der Waals surface area contributed by atoms with E-state index in [0.717, 1.165) is 12.8 Å². The largest absolute Gasteiger partial charge is 0.323 e. The predicted molar refractivity (Wildman–Crippen MR) is 55.4 cm³/mol. The smallest absolute Gasteiger partial charge is 0.123 e. The first-order chi connectivity index (χ1) is 6.24. The van der Waals surface area contributed by atoms with Gasteiger partial charge in [0.2, 0.25) is 0 Å². The minimum atomic E-state index is -0.153. The number of benzene rings is 1. The molecule has 0 aliphatic rings. The SMILES string of the molecule is CCCc1ccc(F)cc1.CNC. The van der Waals surface area contributed by atoms with Gasteiger partial charge in [0, 0.05) is 0 Å². The fraction of sp³-hybridized carbons (Fsp3) is 0.455. The van der Waals surface area contributed by atoms with Gasteiger partial charge in [-0.1, -0.05) is 25.5 Å². The van der Waals surface area contributed by atoms with Crippen molar-refractivity contribution in [1.82, 2.24) is 5.32 Å². The van der Waals surface area contributed by atoms with Crippen molar-refractivity contribution in [2.24, 2.45) is 0 Å². The first-order valence-corrected chi connectivity index (χ1v) is 4.57. The standard InChI is InChI=1S/C9H11F.C2H7N/c1-2-3-8-4-6-9(10)7-5-8;1-3-2/h4-7H,2-3H2,1H3;3H,1-2H3. The zero-order valence-corrected chi connectivity index (χ0v) is 8.60. The molecule has 0 aromatic heterocycles. The number of rotatable bonds is 2. The molecule has 1 nitrogen and oxygen atoms in total. The lowest BCUT2D eigenvalue weighted by atomic mass is 10.1. The molecule has 74 valence electrons. The third-order valence-electron chi connectivity index (χ3n) is 1.45. The Morgan fingerprint density at radius 3 is 2.00 bits per heavy atom. The van der Waals surface area contributed by atoms with E-state index in [1.165, 1.54) is 17.7 Å². The molecule has 0 saturated heterocycles. The lowest BCUT2D eigenvalue weighted by molar-refractivity contribution is 0.627. The van der Waals surface area contributed by atoms with E-state index in [9.17, 15) is 4.39 Å². The highest BCUT2D eigenvalue weighted by Gasteiger charge is 1.90. The molecular weight excluding hydrogens is 165 g/mol. The molecule has 0 heterocycles. The Hall–Kier alpha value is -0.890. The van der Waals surface area contributed by atoms with Gasteiger partial charge in [0.05, 0.1) is 0 Å². The highest BCUT2D eigenvalue weighted by molar-refractivity contribution is 5.15. The minimum absolute atomic E-state index is 0.153. The Balaban J connectivity index is 0.000000424. The first-order valence-electron chi connectivity index (χ1n) is 4.57. The van der Waals surface area contributed by atoms with E-state index in [2.05, 4.69) is 12.2 Å². The Morgan fingerprint density at radius 2 is 1.62 bits per heavy atom. The second-order valence-electron chi connectivity index (χ2n) is 2.88. The van der Waals surface area contributed by atoms with Crippen LogP contribution in [0.15, 0.2) is 24.3 Å². The van der Waals surface area contributed by atoms with Crippen LogP contribution in [0.5, 0.6) is 0 Å². The molecule has 1 rings (SSSR count). The van der Waals surface area contributed by atoms with Crippen LogP contribution in [-0.2, 0) is 6.42 Å². The summed E-state index contributed by atoms with van der Waals surface area (Å²) in [6.07, 6.45) is 2.16. The molecule has 1 N–H and O–H groups in total. The summed E-state index contributed by atoms with van der Waals surface area (Å²) < 4.78 is 12.3. The van der Waals surface area contributed by atoms with E-state index in [0.29, 0.717) is 0 Å². The molecule has 2 heteroatoms. The highest BCUT2D eigenvalue weighted by atomic mass is 19.1. The van der Waals surface area contributed by atoms with Crippen molar-refractivity contribution in [2.45, 2.75) is 19.8 Å². The lowest BCUT2D eigenvalue weighted by Gasteiger charge is -1.95. The highest BCUT2D eigenvalue weighted by Crippen LogP contribution is 2.04. The van der Waals surface area contributed by atoms with Crippen LogP contribution in [-0.4, -0.2) is 14.1 Å². The van der Waals surface area contributed by atoms with Crippen LogP contribution in [0.2, 0.25) is 0 Å². The van der Waals surface area contributed by atoms with Crippen molar-refractivity contribution in [2.75, 3.05) is 14.1 Å². The van der Waals surface area contributed by atoms with Crippen molar-refractivity contribution in [3.05, 3.63) is 35.6 Å². The number of hydrogen-bond acceptors (Lipinski definition) is 1. The van der Waals surface area contributed by atoms with Gasteiger partial charge in [-0.05, 0) is 38.2 Å². The van der Waals surface area contributed by atoms with E-state index in [1.54, 1.807) is 0 Å².